The monoisotopic (exact) mass is 255 g/mol. The molecule has 2 aromatic rings. The number of likely N-dealkylation sites (tertiary alicyclic amines) is 1. The standard InChI is InChI=1S/C16H17NO2/c1-2-10-17-12-15(16(17)14-9-6-11-18-14)19-13-7-4-3-5-8-13/h2-9,11,15-16H,1,10,12H2/t15-,16-/m1/s1. The quantitative estimate of drug-likeness (QED) is 0.767. The lowest BCUT2D eigenvalue weighted by Crippen LogP contribution is -2.56. The molecule has 0 saturated carbocycles. The zero-order chi connectivity index (χ0) is 13.1. The van der Waals surface area contributed by atoms with E-state index in [4.69, 9.17) is 9.15 Å². The molecule has 0 aliphatic carbocycles. The third kappa shape index (κ3) is 2.42. The zero-order valence-corrected chi connectivity index (χ0v) is 10.7. The molecule has 3 rings (SSSR count). The van der Waals surface area contributed by atoms with Gasteiger partial charge < -0.3 is 9.15 Å². The Bertz CT molecular complexity index is 521. The summed E-state index contributed by atoms with van der Waals surface area (Å²) < 4.78 is 11.6. The molecule has 0 unspecified atom stereocenters. The van der Waals surface area contributed by atoms with Crippen LogP contribution < -0.4 is 4.74 Å². The Kier molecular flexibility index (Phi) is 3.38. The highest BCUT2D eigenvalue weighted by atomic mass is 16.5. The van der Waals surface area contributed by atoms with Crippen LogP contribution in [0.4, 0.5) is 0 Å². The summed E-state index contributed by atoms with van der Waals surface area (Å²) in [5.41, 5.74) is 0. The van der Waals surface area contributed by atoms with Crippen LogP contribution in [-0.2, 0) is 0 Å². The Hall–Kier alpha value is -2.00. The Morgan fingerprint density at radius 2 is 2.11 bits per heavy atom. The fraction of sp³-hybridized carbons (Fsp3) is 0.250. The summed E-state index contributed by atoms with van der Waals surface area (Å²) in [5, 5.41) is 0. The van der Waals surface area contributed by atoms with Crippen molar-refractivity contribution in [1.29, 1.82) is 0 Å². The second kappa shape index (κ2) is 5.33. The second-order valence-corrected chi connectivity index (χ2v) is 4.67. The molecule has 1 aromatic carbocycles. The van der Waals surface area contributed by atoms with Gasteiger partial charge in [0.2, 0.25) is 0 Å². The molecule has 1 saturated heterocycles. The highest BCUT2D eigenvalue weighted by Gasteiger charge is 2.42. The van der Waals surface area contributed by atoms with E-state index < -0.39 is 0 Å². The summed E-state index contributed by atoms with van der Waals surface area (Å²) in [6, 6.07) is 14.0. The average Bonchev–Trinajstić information content (AvgIpc) is 2.92. The first-order valence-corrected chi connectivity index (χ1v) is 6.48. The maximum Gasteiger partial charge on any atom is 0.134 e. The van der Waals surface area contributed by atoms with E-state index in [1.807, 2.05) is 48.5 Å². The van der Waals surface area contributed by atoms with Crippen LogP contribution in [0.15, 0.2) is 65.8 Å². The van der Waals surface area contributed by atoms with Crippen LogP contribution in [0, 0.1) is 0 Å². The van der Waals surface area contributed by atoms with Crippen molar-refractivity contribution in [3.63, 3.8) is 0 Å². The lowest BCUT2D eigenvalue weighted by molar-refractivity contribution is -0.0496. The van der Waals surface area contributed by atoms with Gasteiger partial charge in [-0.1, -0.05) is 24.3 Å². The van der Waals surface area contributed by atoms with E-state index >= 15 is 0 Å². The molecule has 3 heteroatoms. The van der Waals surface area contributed by atoms with Gasteiger partial charge in [-0.05, 0) is 24.3 Å². The molecule has 19 heavy (non-hydrogen) atoms. The molecule has 0 radical (unpaired) electrons. The maximum atomic E-state index is 6.03. The van der Waals surface area contributed by atoms with Gasteiger partial charge in [-0.15, -0.1) is 6.58 Å². The van der Waals surface area contributed by atoms with Crippen molar-refractivity contribution in [1.82, 2.24) is 4.90 Å². The molecule has 1 aliphatic rings. The summed E-state index contributed by atoms with van der Waals surface area (Å²) in [4.78, 5) is 2.29. The smallest absolute Gasteiger partial charge is 0.134 e. The predicted molar refractivity (Wildman–Crippen MR) is 74.1 cm³/mol. The molecule has 1 aliphatic heterocycles. The molecule has 0 bridgehead atoms. The number of hydrogen-bond donors (Lipinski definition) is 0. The minimum Gasteiger partial charge on any atom is -0.487 e. The normalized spacial score (nSPS) is 22.7. The molecule has 1 fully saturated rings. The molecule has 0 spiro atoms. The minimum absolute atomic E-state index is 0.133. The molecule has 98 valence electrons. The SMILES string of the molecule is C=CCN1C[C@@H](Oc2ccccc2)[C@H]1c1ccco1. The van der Waals surface area contributed by atoms with E-state index in [1.54, 1.807) is 6.26 Å². The lowest BCUT2D eigenvalue weighted by Gasteiger charge is -2.45. The van der Waals surface area contributed by atoms with Crippen LogP contribution in [-0.4, -0.2) is 24.1 Å². The van der Waals surface area contributed by atoms with Gasteiger partial charge in [0.1, 0.15) is 23.7 Å². The Balaban J connectivity index is 1.74. The topological polar surface area (TPSA) is 25.6 Å². The number of para-hydroxylation sites is 1. The van der Waals surface area contributed by atoms with E-state index in [1.165, 1.54) is 0 Å². The van der Waals surface area contributed by atoms with Gasteiger partial charge in [-0.25, -0.2) is 0 Å². The first kappa shape index (κ1) is 12.1. The van der Waals surface area contributed by atoms with Gasteiger partial charge in [0.05, 0.1) is 6.26 Å². The Morgan fingerprint density at radius 3 is 2.79 bits per heavy atom. The van der Waals surface area contributed by atoms with Gasteiger partial charge in [-0.2, -0.15) is 0 Å². The molecular weight excluding hydrogens is 238 g/mol. The van der Waals surface area contributed by atoms with Gasteiger partial charge in [0.25, 0.3) is 0 Å². The van der Waals surface area contributed by atoms with E-state index in [-0.39, 0.29) is 12.1 Å². The van der Waals surface area contributed by atoms with Gasteiger partial charge >= 0.3 is 0 Å². The third-order valence-electron chi connectivity index (χ3n) is 3.39. The number of hydrogen-bond acceptors (Lipinski definition) is 3. The van der Waals surface area contributed by atoms with E-state index in [0.717, 1.165) is 24.6 Å². The van der Waals surface area contributed by atoms with Gasteiger partial charge in [0, 0.05) is 13.1 Å². The first-order chi connectivity index (χ1) is 9.38. The van der Waals surface area contributed by atoms with Crippen molar-refractivity contribution >= 4 is 0 Å². The molecule has 0 N–H and O–H groups in total. The second-order valence-electron chi connectivity index (χ2n) is 4.67. The van der Waals surface area contributed by atoms with Crippen molar-refractivity contribution in [3.05, 3.63) is 67.1 Å². The summed E-state index contributed by atoms with van der Waals surface area (Å²) in [6.07, 6.45) is 3.75. The highest BCUT2D eigenvalue weighted by molar-refractivity contribution is 5.23. The predicted octanol–water partition coefficient (Wildman–Crippen LogP) is 3.27. The van der Waals surface area contributed by atoms with E-state index in [0.29, 0.717) is 0 Å². The Labute approximate surface area is 113 Å². The molecule has 2 atom stereocenters. The van der Waals surface area contributed by atoms with Crippen molar-refractivity contribution in [2.75, 3.05) is 13.1 Å². The zero-order valence-electron chi connectivity index (χ0n) is 10.7. The van der Waals surface area contributed by atoms with Crippen LogP contribution in [0.1, 0.15) is 11.8 Å². The molecule has 0 amide bonds. The summed E-state index contributed by atoms with van der Waals surface area (Å²) in [5.74, 6) is 1.86. The van der Waals surface area contributed by atoms with Crippen molar-refractivity contribution < 1.29 is 9.15 Å². The van der Waals surface area contributed by atoms with E-state index in [2.05, 4.69) is 11.5 Å². The summed E-state index contributed by atoms with van der Waals surface area (Å²) >= 11 is 0. The van der Waals surface area contributed by atoms with Crippen LogP contribution >= 0.6 is 0 Å². The third-order valence-corrected chi connectivity index (χ3v) is 3.39. The molecular formula is C16H17NO2. The summed E-state index contributed by atoms with van der Waals surface area (Å²) in [7, 11) is 0. The van der Waals surface area contributed by atoms with Gasteiger partial charge in [-0.3, -0.25) is 4.90 Å². The van der Waals surface area contributed by atoms with Crippen molar-refractivity contribution in [2.45, 2.75) is 12.1 Å². The molecule has 3 nitrogen and oxygen atoms in total. The van der Waals surface area contributed by atoms with Crippen LogP contribution in [0.3, 0.4) is 0 Å². The Morgan fingerprint density at radius 1 is 1.26 bits per heavy atom. The average molecular weight is 255 g/mol. The van der Waals surface area contributed by atoms with E-state index in [9.17, 15) is 0 Å². The number of ether oxygens (including phenoxy) is 1. The number of rotatable bonds is 5. The molecule has 2 heterocycles. The van der Waals surface area contributed by atoms with Gasteiger partial charge in [0.15, 0.2) is 0 Å². The maximum absolute atomic E-state index is 6.03. The largest absolute Gasteiger partial charge is 0.487 e. The lowest BCUT2D eigenvalue weighted by atomic mass is 9.96. The van der Waals surface area contributed by atoms with Crippen LogP contribution in [0.2, 0.25) is 0 Å². The number of furan rings is 1. The number of nitrogens with zero attached hydrogens (tertiary/aromatic N) is 1. The van der Waals surface area contributed by atoms with Crippen LogP contribution in [0.25, 0.3) is 0 Å². The van der Waals surface area contributed by atoms with Crippen LogP contribution in [0.5, 0.6) is 5.75 Å². The first-order valence-electron chi connectivity index (χ1n) is 6.48. The molecule has 1 aromatic heterocycles. The minimum atomic E-state index is 0.133. The fourth-order valence-electron chi connectivity index (χ4n) is 2.49. The highest BCUT2D eigenvalue weighted by Crippen LogP contribution is 2.36. The number of benzene rings is 1. The van der Waals surface area contributed by atoms with Crippen molar-refractivity contribution in [2.24, 2.45) is 0 Å². The van der Waals surface area contributed by atoms with Crippen molar-refractivity contribution in [3.8, 4) is 5.75 Å². The summed E-state index contributed by atoms with van der Waals surface area (Å²) in [6.45, 7) is 5.54. The fourth-order valence-corrected chi connectivity index (χ4v) is 2.49.